The number of hydrogen-bond donors (Lipinski definition) is 1. The normalized spacial score (nSPS) is 25.8. The highest BCUT2D eigenvalue weighted by molar-refractivity contribution is 5.76. The minimum absolute atomic E-state index is 0.266. The summed E-state index contributed by atoms with van der Waals surface area (Å²) in [6.07, 6.45) is 6.77. The lowest BCUT2D eigenvalue weighted by Crippen LogP contribution is -2.43. The Balaban J connectivity index is 1.71. The largest absolute Gasteiger partial charge is 0.343 e. The first-order valence-corrected chi connectivity index (χ1v) is 7.97. The van der Waals surface area contributed by atoms with E-state index in [0.29, 0.717) is 5.91 Å². The van der Waals surface area contributed by atoms with Gasteiger partial charge in [0.15, 0.2) is 0 Å². The van der Waals surface area contributed by atoms with Crippen LogP contribution in [-0.2, 0) is 4.79 Å². The molecule has 0 aromatic rings. The summed E-state index contributed by atoms with van der Waals surface area (Å²) in [7, 11) is 0. The van der Waals surface area contributed by atoms with Crippen molar-refractivity contribution < 1.29 is 4.79 Å². The van der Waals surface area contributed by atoms with Gasteiger partial charge >= 0.3 is 0 Å². The third-order valence-corrected chi connectivity index (χ3v) is 4.65. The van der Waals surface area contributed by atoms with Gasteiger partial charge in [-0.2, -0.15) is 0 Å². The monoisotopic (exact) mass is 266 g/mol. The molecule has 0 saturated carbocycles. The molecule has 0 bridgehead atoms. The second-order valence-corrected chi connectivity index (χ2v) is 7.48. The molecule has 2 aliphatic heterocycles. The molecule has 19 heavy (non-hydrogen) atoms. The van der Waals surface area contributed by atoms with Gasteiger partial charge in [0.1, 0.15) is 0 Å². The van der Waals surface area contributed by atoms with E-state index in [9.17, 15) is 4.79 Å². The quantitative estimate of drug-likeness (QED) is 0.852. The van der Waals surface area contributed by atoms with E-state index in [1.54, 1.807) is 0 Å². The van der Waals surface area contributed by atoms with Gasteiger partial charge in [0, 0.05) is 25.6 Å². The van der Waals surface area contributed by atoms with E-state index in [1.807, 2.05) is 0 Å². The summed E-state index contributed by atoms with van der Waals surface area (Å²) in [4.78, 5) is 14.3. The second-order valence-electron chi connectivity index (χ2n) is 7.48. The molecule has 0 spiro atoms. The Bertz CT molecular complexity index is 294. The van der Waals surface area contributed by atoms with Crippen LogP contribution in [0.4, 0.5) is 0 Å². The van der Waals surface area contributed by atoms with Gasteiger partial charge in [-0.25, -0.2) is 0 Å². The summed E-state index contributed by atoms with van der Waals surface area (Å²) in [5.74, 6) is 1.17. The van der Waals surface area contributed by atoms with Crippen LogP contribution >= 0.6 is 0 Å². The van der Waals surface area contributed by atoms with Crippen molar-refractivity contribution in [1.29, 1.82) is 0 Å². The predicted molar refractivity (Wildman–Crippen MR) is 79.0 cm³/mol. The van der Waals surface area contributed by atoms with Crippen molar-refractivity contribution in [3.63, 3.8) is 0 Å². The zero-order valence-corrected chi connectivity index (χ0v) is 12.9. The zero-order valence-electron chi connectivity index (χ0n) is 12.9. The standard InChI is InChI=1S/C16H30N2O/c1-16(2,3)9-6-15(19)18-11-7-13(8-12-18)14-5-4-10-17-14/h13-14,17H,4-12H2,1-3H3. The lowest BCUT2D eigenvalue weighted by Gasteiger charge is -2.35. The molecule has 2 heterocycles. The molecule has 1 atom stereocenters. The van der Waals surface area contributed by atoms with E-state index in [1.165, 1.54) is 32.2 Å². The van der Waals surface area contributed by atoms with Crippen LogP contribution in [-0.4, -0.2) is 36.5 Å². The summed E-state index contributed by atoms with van der Waals surface area (Å²) in [5.41, 5.74) is 0.266. The molecule has 0 aromatic carbocycles. The Kier molecular flexibility index (Phi) is 4.88. The van der Waals surface area contributed by atoms with Crippen LogP contribution in [0, 0.1) is 11.3 Å². The van der Waals surface area contributed by atoms with Crippen molar-refractivity contribution in [2.24, 2.45) is 11.3 Å². The molecule has 1 N–H and O–H groups in total. The highest BCUT2D eigenvalue weighted by atomic mass is 16.2. The lowest BCUT2D eigenvalue weighted by atomic mass is 9.87. The third-order valence-electron chi connectivity index (χ3n) is 4.65. The molecule has 2 rings (SSSR count). The first-order valence-electron chi connectivity index (χ1n) is 7.97. The van der Waals surface area contributed by atoms with Crippen LogP contribution < -0.4 is 5.32 Å². The Morgan fingerprint density at radius 1 is 1.21 bits per heavy atom. The van der Waals surface area contributed by atoms with E-state index in [4.69, 9.17) is 0 Å². The minimum Gasteiger partial charge on any atom is -0.343 e. The fraction of sp³-hybridized carbons (Fsp3) is 0.938. The molecule has 0 radical (unpaired) electrons. The van der Waals surface area contributed by atoms with Crippen LogP contribution in [0.1, 0.15) is 59.3 Å². The molecule has 2 fully saturated rings. The highest BCUT2D eigenvalue weighted by Crippen LogP contribution is 2.27. The van der Waals surface area contributed by atoms with Crippen LogP contribution in [0.5, 0.6) is 0 Å². The fourth-order valence-corrected chi connectivity index (χ4v) is 3.31. The second kappa shape index (κ2) is 6.25. The smallest absolute Gasteiger partial charge is 0.222 e. The summed E-state index contributed by atoms with van der Waals surface area (Å²) in [5, 5.41) is 3.61. The minimum atomic E-state index is 0.266. The van der Waals surface area contributed by atoms with Gasteiger partial charge in [-0.3, -0.25) is 4.79 Å². The number of nitrogens with zero attached hydrogens (tertiary/aromatic N) is 1. The molecule has 2 saturated heterocycles. The number of hydrogen-bond acceptors (Lipinski definition) is 2. The van der Waals surface area contributed by atoms with E-state index in [2.05, 4.69) is 31.0 Å². The number of nitrogens with one attached hydrogen (secondary N) is 1. The number of amides is 1. The number of rotatable bonds is 3. The van der Waals surface area contributed by atoms with Gasteiger partial charge in [-0.05, 0) is 50.0 Å². The topological polar surface area (TPSA) is 32.3 Å². The number of carbonyl (C=O) groups excluding carboxylic acids is 1. The molecule has 2 aliphatic rings. The summed E-state index contributed by atoms with van der Waals surface area (Å²) < 4.78 is 0. The van der Waals surface area contributed by atoms with Crippen molar-refractivity contribution in [3.05, 3.63) is 0 Å². The van der Waals surface area contributed by atoms with Crippen LogP contribution in [0.15, 0.2) is 0 Å². The number of piperidine rings is 1. The van der Waals surface area contributed by atoms with E-state index in [-0.39, 0.29) is 5.41 Å². The highest BCUT2D eigenvalue weighted by Gasteiger charge is 2.29. The average Bonchev–Trinajstić information content (AvgIpc) is 2.89. The summed E-state index contributed by atoms with van der Waals surface area (Å²) in [6, 6.07) is 0.729. The molecule has 1 unspecified atom stereocenters. The SMILES string of the molecule is CC(C)(C)CCC(=O)N1CCC(C2CCCN2)CC1. The first kappa shape index (κ1) is 14.8. The first-order chi connectivity index (χ1) is 8.96. The lowest BCUT2D eigenvalue weighted by molar-refractivity contribution is -0.133. The summed E-state index contributed by atoms with van der Waals surface area (Å²) in [6.45, 7) is 9.77. The van der Waals surface area contributed by atoms with Crippen LogP contribution in [0.3, 0.4) is 0 Å². The van der Waals surface area contributed by atoms with E-state index >= 15 is 0 Å². The Labute approximate surface area is 118 Å². The average molecular weight is 266 g/mol. The number of carbonyl (C=O) groups is 1. The van der Waals surface area contributed by atoms with Gasteiger partial charge in [-0.1, -0.05) is 20.8 Å². The van der Waals surface area contributed by atoms with Crippen molar-refractivity contribution in [3.8, 4) is 0 Å². The van der Waals surface area contributed by atoms with Crippen molar-refractivity contribution in [1.82, 2.24) is 10.2 Å². The van der Waals surface area contributed by atoms with Gasteiger partial charge in [0.05, 0.1) is 0 Å². The fourth-order valence-electron chi connectivity index (χ4n) is 3.31. The van der Waals surface area contributed by atoms with Gasteiger partial charge in [0.2, 0.25) is 5.91 Å². The van der Waals surface area contributed by atoms with Crippen molar-refractivity contribution in [2.75, 3.05) is 19.6 Å². The van der Waals surface area contributed by atoms with Gasteiger partial charge in [0.25, 0.3) is 0 Å². The van der Waals surface area contributed by atoms with Crippen molar-refractivity contribution in [2.45, 2.75) is 65.3 Å². The van der Waals surface area contributed by atoms with E-state index in [0.717, 1.165) is 37.9 Å². The molecular formula is C16H30N2O. The molecule has 110 valence electrons. The molecule has 1 amide bonds. The van der Waals surface area contributed by atoms with Crippen molar-refractivity contribution >= 4 is 5.91 Å². The van der Waals surface area contributed by atoms with Gasteiger partial charge < -0.3 is 10.2 Å². The predicted octanol–water partition coefficient (Wildman–Crippen LogP) is 2.80. The summed E-state index contributed by atoms with van der Waals surface area (Å²) >= 11 is 0. The molecule has 3 heteroatoms. The third kappa shape index (κ3) is 4.48. The maximum Gasteiger partial charge on any atom is 0.222 e. The van der Waals surface area contributed by atoms with Gasteiger partial charge in [-0.15, -0.1) is 0 Å². The molecule has 0 aliphatic carbocycles. The Morgan fingerprint density at radius 2 is 1.89 bits per heavy atom. The van der Waals surface area contributed by atoms with Crippen LogP contribution in [0.2, 0.25) is 0 Å². The molecule has 3 nitrogen and oxygen atoms in total. The maximum atomic E-state index is 12.2. The Morgan fingerprint density at radius 3 is 2.42 bits per heavy atom. The van der Waals surface area contributed by atoms with E-state index < -0.39 is 0 Å². The molecule has 0 aromatic heterocycles. The zero-order chi connectivity index (χ0) is 13.9. The number of likely N-dealkylation sites (tertiary alicyclic amines) is 1. The Hall–Kier alpha value is -0.570. The molecular weight excluding hydrogens is 236 g/mol. The maximum absolute atomic E-state index is 12.2. The van der Waals surface area contributed by atoms with Crippen LogP contribution in [0.25, 0.3) is 0 Å².